The zero-order valence-electron chi connectivity index (χ0n) is 15.6. The number of carbonyl (C=O) groups excluding carboxylic acids is 3. The van der Waals surface area contributed by atoms with Crippen LogP contribution in [0.25, 0.3) is 5.69 Å². The van der Waals surface area contributed by atoms with E-state index in [4.69, 9.17) is 5.11 Å². The molecule has 0 spiro atoms. The summed E-state index contributed by atoms with van der Waals surface area (Å²) in [6.07, 6.45) is 5.57. The molecule has 0 unspecified atom stereocenters. The van der Waals surface area contributed by atoms with E-state index in [1.807, 2.05) is 0 Å². The molecule has 10 nitrogen and oxygen atoms in total. The average Bonchev–Trinajstić information content (AvgIpc) is 3.23. The minimum atomic E-state index is -1.40. The van der Waals surface area contributed by atoms with Crippen molar-refractivity contribution in [1.29, 1.82) is 0 Å². The summed E-state index contributed by atoms with van der Waals surface area (Å²) in [5, 5.41) is 15.4. The lowest BCUT2D eigenvalue weighted by molar-refractivity contribution is -0.137. The first kappa shape index (κ1) is 19.8. The highest BCUT2D eigenvalue weighted by Crippen LogP contribution is 2.24. The van der Waals surface area contributed by atoms with Crippen LogP contribution in [0.15, 0.2) is 55.0 Å². The number of urea groups is 1. The maximum absolute atomic E-state index is 12.9. The monoisotopic (exact) mass is 397 g/mol. The molecule has 0 bridgehead atoms. The van der Waals surface area contributed by atoms with Crippen LogP contribution in [0.4, 0.5) is 10.5 Å². The van der Waals surface area contributed by atoms with Crippen LogP contribution in [0.5, 0.6) is 0 Å². The van der Waals surface area contributed by atoms with Gasteiger partial charge in [-0.25, -0.2) is 9.48 Å². The topological polar surface area (TPSA) is 125 Å². The fourth-order valence-corrected chi connectivity index (χ4v) is 2.85. The second kappa shape index (κ2) is 8.38. The fourth-order valence-electron chi connectivity index (χ4n) is 2.85. The van der Waals surface area contributed by atoms with Gasteiger partial charge in [-0.1, -0.05) is 6.07 Å². The van der Waals surface area contributed by atoms with E-state index in [9.17, 15) is 19.2 Å². The van der Waals surface area contributed by atoms with Gasteiger partial charge in [0.15, 0.2) is 11.8 Å². The zero-order valence-corrected chi connectivity index (χ0v) is 15.6. The lowest BCUT2D eigenvalue weighted by Gasteiger charge is -2.33. The Morgan fingerprint density at radius 1 is 1.28 bits per heavy atom. The summed E-state index contributed by atoms with van der Waals surface area (Å²) in [5.74, 6) is -2.20. The number of anilines is 1. The van der Waals surface area contributed by atoms with Gasteiger partial charge in [-0.3, -0.25) is 19.3 Å². The van der Waals surface area contributed by atoms with E-state index in [1.165, 1.54) is 24.2 Å². The highest BCUT2D eigenvalue weighted by atomic mass is 16.4. The molecular formula is C19H19N5O5. The number of hydrogen-bond acceptors (Lipinski definition) is 5. The highest BCUT2D eigenvalue weighted by Gasteiger charge is 2.39. The molecule has 1 aromatic carbocycles. The molecule has 2 N–H and O–H groups in total. The maximum atomic E-state index is 12.9. The molecule has 1 aromatic heterocycles. The first-order valence-corrected chi connectivity index (χ1v) is 8.76. The number of benzene rings is 1. The third-order valence-corrected chi connectivity index (χ3v) is 4.28. The first-order valence-electron chi connectivity index (χ1n) is 8.76. The Morgan fingerprint density at radius 2 is 2.07 bits per heavy atom. The lowest BCUT2D eigenvalue weighted by atomic mass is 10.1. The Morgan fingerprint density at radius 3 is 2.76 bits per heavy atom. The van der Waals surface area contributed by atoms with Crippen molar-refractivity contribution >= 4 is 29.4 Å². The number of nitrogens with one attached hydrogen (secondary N) is 1. The standard InChI is InChI=1S/C19H19N5O5/c1-22-11-7-15(25)17(18(22)28)24(19(29)20-9-6-16(26)27)14-5-2-4-13(12-14)23-10-3-8-21-23/h2-5,7-8,10-12,17H,6,9H2,1H3,(H,20,29)(H,26,27)/t17-/m0/s1. The molecule has 150 valence electrons. The van der Waals surface area contributed by atoms with E-state index in [-0.39, 0.29) is 13.0 Å². The summed E-state index contributed by atoms with van der Waals surface area (Å²) in [4.78, 5) is 51.1. The van der Waals surface area contributed by atoms with Crippen molar-refractivity contribution in [2.45, 2.75) is 12.5 Å². The molecule has 0 fully saturated rings. The van der Waals surface area contributed by atoms with Gasteiger partial charge < -0.3 is 15.3 Å². The van der Waals surface area contributed by atoms with E-state index in [1.54, 1.807) is 47.4 Å². The van der Waals surface area contributed by atoms with Gasteiger partial charge in [0.2, 0.25) is 0 Å². The van der Waals surface area contributed by atoms with Crippen LogP contribution in [-0.2, 0) is 14.4 Å². The van der Waals surface area contributed by atoms with Crippen molar-refractivity contribution < 1.29 is 24.3 Å². The van der Waals surface area contributed by atoms with Crippen molar-refractivity contribution in [3.63, 3.8) is 0 Å². The number of carboxylic acids is 1. The minimum Gasteiger partial charge on any atom is -0.481 e. The molecule has 0 aliphatic carbocycles. The molecule has 29 heavy (non-hydrogen) atoms. The van der Waals surface area contributed by atoms with Crippen LogP contribution in [0, 0.1) is 0 Å². The van der Waals surface area contributed by atoms with Gasteiger partial charge in [-0.2, -0.15) is 5.10 Å². The predicted molar refractivity (Wildman–Crippen MR) is 102 cm³/mol. The van der Waals surface area contributed by atoms with Gasteiger partial charge in [-0.15, -0.1) is 0 Å². The van der Waals surface area contributed by atoms with E-state index >= 15 is 0 Å². The molecule has 10 heteroatoms. The average molecular weight is 397 g/mol. The zero-order chi connectivity index (χ0) is 21.0. The van der Waals surface area contributed by atoms with Crippen molar-refractivity contribution in [2.75, 3.05) is 18.5 Å². The summed E-state index contributed by atoms with van der Waals surface area (Å²) in [7, 11) is 1.49. The SMILES string of the molecule is CN1C=CC(=O)[C@H](N(C(=O)NCCC(=O)O)c2cccc(-n3cccn3)c2)C1=O. The first-order chi connectivity index (χ1) is 13.9. The number of likely N-dealkylation sites (N-methyl/N-ethyl adjacent to an activating group) is 1. The summed E-state index contributed by atoms with van der Waals surface area (Å²) >= 11 is 0. The molecule has 0 saturated carbocycles. The number of carboxylic acid groups (broad SMARTS) is 1. The summed E-state index contributed by atoms with van der Waals surface area (Å²) < 4.78 is 1.57. The van der Waals surface area contributed by atoms with Gasteiger partial charge in [-0.05, 0) is 24.3 Å². The number of rotatable bonds is 6. The third kappa shape index (κ3) is 4.32. The molecule has 2 aromatic rings. The number of nitrogens with zero attached hydrogens (tertiary/aromatic N) is 4. The van der Waals surface area contributed by atoms with Gasteiger partial charge in [0.05, 0.1) is 12.1 Å². The number of aliphatic carboxylic acids is 1. The number of aromatic nitrogens is 2. The molecule has 0 radical (unpaired) electrons. The molecule has 1 aliphatic rings. The minimum absolute atomic E-state index is 0.149. The molecule has 3 amide bonds. The van der Waals surface area contributed by atoms with Crippen molar-refractivity contribution in [3.8, 4) is 5.69 Å². The highest BCUT2D eigenvalue weighted by molar-refractivity contribution is 6.19. The van der Waals surface area contributed by atoms with Gasteiger partial charge in [0.25, 0.3) is 5.91 Å². The van der Waals surface area contributed by atoms with E-state index in [0.29, 0.717) is 11.4 Å². The van der Waals surface area contributed by atoms with E-state index < -0.39 is 29.7 Å². The predicted octanol–water partition coefficient (Wildman–Crippen LogP) is 0.786. The van der Waals surface area contributed by atoms with Crippen molar-refractivity contribution in [2.24, 2.45) is 0 Å². The van der Waals surface area contributed by atoms with Crippen LogP contribution < -0.4 is 10.2 Å². The maximum Gasteiger partial charge on any atom is 0.323 e. The van der Waals surface area contributed by atoms with Gasteiger partial charge in [0.1, 0.15) is 0 Å². The normalized spacial score (nSPS) is 16.0. The van der Waals surface area contributed by atoms with E-state index in [0.717, 1.165) is 4.90 Å². The summed E-state index contributed by atoms with van der Waals surface area (Å²) in [6, 6.07) is 6.21. The Bertz CT molecular complexity index is 969. The number of carbonyl (C=O) groups is 4. The molecule has 1 atom stereocenters. The summed E-state index contributed by atoms with van der Waals surface area (Å²) in [6.45, 7) is -0.149. The number of ketones is 1. The Hall–Kier alpha value is -3.95. The second-order valence-corrected chi connectivity index (χ2v) is 6.29. The van der Waals surface area contributed by atoms with Crippen LogP contribution in [0.1, 0.15) is 6.42 Å². The smallest absolute Gasteiger partial charge is 0.323 e. The molecule has 0 saturated heterocycles. The Kier molecular flexibility index (Phi) is 5.72. The Balaban J connectivity index is 1.99. The van der Waals surface area contributed by atoms with Crippen molar-refractivity contribution in [1.82, 2.24) is 20.0 Å². The van der Waals surface area contributed by atoms with Crippen molar-refractivity contribution in [3.05, 3.63) is 55.0 Å². The molecule has 2 heterocycles. The van der Waals surface area contributed by atoms with Crippen LogP contribution in [-0.4, -0.2) is 63.1 Å². The molecule has 1 aliphatic heterocycles. The summed E-state index contributed by atoms with van der Waals surface area (Å²) in [5.41, 5.74) is 0.914. The lowest BCUT2D eigenvalue weighted by Crippen LogP contribution is -2.57. The third-order valence-electron chi connectivity index (χ3n) is 4.28. The molecule has 3 rings (SSSR count). The van der Waals surface area contributed by atoms with Gasteiger partial charge in [0, 0.05) is 43.9 Å². The quantitative estimate of drug-likeness (QED) is 0.694. The molecular weight excluding hydrogens is 378 g/mol. The van der Waals surface area contributed by atoms with Crippen LogP contribution in [0.3, 0.4) is 0 Å². The largest absolute Gasteiger partial charge is 0.481 e. The number of amides is 3. The van der Waals surface area contributed by atoms with Crippen LogP contribution in [0.2, 0.25) is 0 Å². The van der Waals surface area contributed by atoms with E-state index in [2.05, 4.69) is 10.4 Å². The van der Waals surface area contributed by atoms with Gasteiger partial charge >= 0.3 is 12.0 Å². The van der Waals surface area contributed by atoms with Crippen LogP contribution >= 0.6 is 0 Å². The fraction of sp³-hybridized carbons (Fsp3) is 0.211. The Labute approximate surface area is 166 Å². The second-order valence-electron chi connectivity index (χ2n) is 6.29. The number of hydrogen-bond donors (Lipinski definition) is 2.